The molecule has 2 aliphatic heterocycles. The Morgan fingerprint density at radius 3 is 2.67 bits per heavy atom. The second-order valence-electron chi connectivity index (χ2n) is 6.92. The van der Waals surface area contributed by atoms with Crippen molar-refractivity contribution in [2.75, 3.05) is 13.1 Å². The van der Waals surface area contributed by atoms with Gasteiger partial charge >= 0.3 is 0 Å². The Hall–Kier alpha value is -0.610. The van der Waals surface area contributed by atoms with Gasteiger partial charge in [-0.15, -0.1) is 0 Å². The molecule has 1 N–H and O–H groups in total. The van der Waals surface area contributed by atoms with Crippen molar-refractivity contribution in [1.82, 2.24) is 10.2 Å². The highest BCUT2D eigenvalue weighted by Crippen LogP contribution is 2.30. The average molecular weight is 294 g/mol. The zero-order valence-electron chi connectivity index (χ0n) is 13.4. The lowest BCUT2D eigenvalue weighted by Crippen LogP contribution is -2.48. The summed E-state index contributed by atoms with van der Waals surface area (Å²) in [7, 11) is 0. The van der Waals surface area contributed by atoms with Gasteiger partial charge < -0.3 is 15.0 Å². The van der Waals surface area contributed by atoms with Crippen LogP contribution < -0.4 is 5.32 Å². The van der Waals surface area contributed by atoms with Crippen LogP contribution in [0, 0.1) is 0 Å². The molecule has 1 saturated carbocycles. The van der Waals surface area contributed by atoms with Crippen LogP contribution in [0.2, 0.25) is 0 Å². The number of hydrogen-bond donors (Lipinski definition) is 1. The van der Waals surface area contributed by atoms with Gasteiger partial charge in [-0.25, -0.2) is 0 Å². The molecule has 3 unspecified atom stereocenters. The number of nitrogens with one attached hydrogen (secondary N) is 1. The van der Waals surface area contributed by atoms with Gasteiger partial charge in [0.25, 0.3) is 5.91 Å². The lowest BCUT2D eigenvalue weighted by atomic mass is 9.97. The van der Waals surface area contributed by atoms with Gasteiger partial charge in [0.05, 0.1) is 6.10 Å². The van der Waals surface area contributed by atoms with E-state index in [2.05, 4.69) is 17.1 Å². The van der Waals surface area contributed by atoms with Gasteiger partial charge in [0.2, 0.25) is 0 Å². The number of rotatable bonds is 4. The van der Waals surface area contributed by atoms with Gasteiger partial charge in [-0.05, 0) is 45.1 Å². The van der Waals surface area contributed by atoms with Crippen LogP contribution in [0.1, 0.15) is 64.7 Å². The fourth-order valence-electron chi connectivity index (χ4n) is 4.27. The molecule has 0 radical (unpaired) electrons. The molecule has 4 heteroatoms. The summed E-state index contributed by atoms with van der Waals surface area (Å²) < 4.78 is 6.21. The topological polar surface area (TPSA) is 41.6 Å². The maximum Gasteiger partial charge on any atom is 0.252 e. The third-order valence-electron chi connectivity index (χ3n) is 5.46. The van der Waals surface area contributed by atoms with E-state index in [0.29, 0.717) is 18.2 Å². The molecule has 0 aromatic rings. The monoisotopic (exact) mass is 294 g/mol. The van der Waals surface area contributed by atoms with Crippen LogP contribution >= 0.6 is 0 Å². The standard InChI is InChI=1S/C17H30N2O2/c1-2-16(21-15-6-4-3-5-7-15)17(20)19-13-8-9-14(19)12-18-11-10-13/h13-16,18H,2-12H2,1H3. The molecule has 3 aliphatic rings. The number of carbonyl (C=O) groups excluding carboxylic acids is 1. The van der Waals surface area contributed by atoms with E-state index in [-0.39, 0.29) is 12.0 Å². The van der Waals surface area contributed by atoms with Gasteiger partial charge in [-0.2, -0.15) is 0 Å². The van der Waals surface area contributed by atoms with E-state index in [1.54, 1.807) is 0 Å². The molecule has 3 fully saturated rings. The molecule has 1 aliphatic carbocycles. The summed E-state index contributed by atoms with van der Waals surface area (Å²) in [5.74, 6) is 0.263. The van der Waals surface area contributed by atoms with Crippen LogP contribution in [0.4, 0.5) is 0 Å². The van der Waals surface area contributed by atoms with E-state index in [9.17, 15) is 4.79 Å². The van der Waals surface area contributed by atoms with Crippen molar-refractivity contribution in [3.63, 3.8) is 0 Å². The fourth-order valence-corrected chi connectivity index (χ4v) is 4.27. The molecule has 3 rings (SSSR count). The Bertz CT molecular complexity index is 341. The quantitative estimate of drug-likeness (QED) is 0.866. The van der Waals surface area contributed by atoms with E-state index in [4.69, 9.17) is 4.74 Å². The van der Waals surface area contributed by atoms with Crippen molar-refractivity contribution < 1.29 is 9.53 Å². The van der Waals surface area contributed by atoms with Crippen LogP contribution in [-0.4, -0.2) is 48.2 Å². The Morgan fingerprint density at radius 1 is 1.14 bits per heavy atom. The van der Waals surface area contributed by atoms with E-state index in [1.807, 2.05) is 0 Å². The molecular formula is C17H30N2O2. The third-order valence-corrected chi connectivity index (χ3v) is 5.46. The van der Waals surface area contributed by atoms with Crippen molar-refractivity contribution in [1.29, 1.82) is 0 Å². The zero-order valence-corrected chi connectivity index (χ0v) is 13.4. The van der Waals surface area contributed by atoms with Gasteiger partial charge in [0, 0.05) is 18.6 Å². The molecular weight excluding hydrogens is 264 g/mol. The molecule has 1 amide bonds. The fraction of sp³-hybridized carbons (Fsp3) is 0.941. The van der Waals surface area contributed by atoms with Gasteiger partial charge in [0.1, 0.15) is 6.10 Å². The molecule has 2 saturated heterocycles. The van der Waals surface area contributed by atoms with Gasteiger partial charge in [-0.3, -0.25) is 4.79 Å². The molecule has 3 atom stereocenters. The minimum absolute atomic E-state index is 0.214. The van der Waals surface area contributed by atoms with Crippen LogP contribution in [-0.2, 0) is 9.53 Å². The summed E-state index contributed by atoms with van der Waals surface area (Å²) in [6.45, 7) is 4.09. The van der Waals surface area contributed by atoms with Crippen molar-refractivity contribution >= 4 is 5.91 Å². The first-order chi connectivity index (χ1) is 10.3. The molecule has 2 bridgehead atoms. The summed E-state index contributed by atoms with van der Waals surface area (Å²) in [5, 5.41) is 3.47. The van der Waals surface area contributed by atoms with E-state index >= 15 is 0 Å². The number of hydrogen-bond acceptors (Lipinski definition) is 3. The zero-order chi connectivity index (χ0) is 14.7. The first-order valence-electron chi connectivity index (χ1n) is 8.98. The molecule has 0 aromatic heterocycles. The Morgan fingerprint density at radius 2 is 1.90 bits per heavy atom. The minimum Gasteiger partial charge on any atom is -0.365 e. The largest absolute Gasteiger partial charge is 0.365 e. The predicted octanol–water partition coefficient (Wildman–Crippen LogP) is 2.47. The minimum atomic E-state index is -0.214. The second-order valence-corrected chi connectivity index (χ2v) is 6.92. The third kappa shape index (κ3) is 3.42. The van der Waals surface area contributed by atoms with E-state index < -0.39 is 0 Å². The lowest BCUT2D eigenvalue weighted by Gasteiger charge is -2.33. The Labute approximate surface area is 128 Å². The number of nitrogens with zero attached hydrogens (tertiary/aromatic N) is 1. The van der Waals surface area contributed by atoms with Crippen molar-refractivity contribution in [2.24, 2.45) is 0 Å². The normalized spacial score (nSPS) is 32.0. The summed E-state index contributed by atoms with van der Waals surface area (Å²) in [6, 6.07) is 0.843. The smallest absolute Gasteiger partial charge is 0.252 e. The number of fused-ring (bicyclic) bond motifs is 2. The highest BCUT2D eigenvalue weighted by atomic mass is 16.5. The van der Waals surface area contributed by atoms with Gasteiger partial charge in [-0.1, -0.05) is 26.2 Å². The van der Waals surface area contributed by atoms with Crippen molar-refractivity contribution in [3.05, 3.63) is 0 Å². The number of amides is 1. The van der Waals surface area contributed by atoms with Crippen LogP contribution in [0.5, 0.6) is 0 Å². The van der Waals surface area contributed by atoms with Crippen LogP contribution in [0.25, 0.3) is 0 Å². The Kier molecular flexibility index (Phi) is 5.17. The lowest BCUT2D eigenvalue weighted by molar-refractivity contribution is -0.152. The van der Waals surface area contributed by atoms with E-state index in [0.717, 1.165) is 45.2 Å². The van der Waals surface area contributed by atoms with Crippen molar-refractivity contribution in [3.8, 4) is 0 Å². The summed E-state index contributed by atoms with van der Waals surface area (Å²) in [5.41, 5.74) is 0. The Balaban J connectivity index is 1.63. The van der Waals surface area contributed by atoms with Crippen LogP contribution in [0.15, 0.2) is 0 Å². The molecule has 0 spiro atoms. The van der Waals surface area contributed by atoms with Crippen molar-refractivity contribution in [2.45, 2.75) is 89.0 Å². The molecule has 4 nitrogen and oxygen atoms in total. The summed E-state index contributed by atoms with van der Waals surface area (Å²) in [4.78, 5) is 15.2. The summed E-state index contributed by atoms with van der Waals surface area (Å²) in [6.07, 6.45) is 10.5. The number of ether oxygens (including phenoxy) is 1. The molecule has 21 heavy (non-hydrogen) atoms. The molecule has 0 aromatic carbocycles. The van der Waals surface area contributed by atoms with Gasteiger partial charge in [0.15, 0.2) is 0 Å². The SMILES string of the molecule is CCC(OC1CCCCC1)C(=O)N1C2CCNCC1CC2. The molecule has 120 valence electrons. The second kappa shape index (κ2) is 7.10. The molecule has 2 heterocycles. The first-order valence-corrected chi connectivity index (χ1v) is 8.98. The maximum atomic E-state index is 13.0. The maximum absolute atomic E-state index is 13.0. The predicted molar refractivity (Wildman–Crippen MR) is 83.2 cm³/mol. The highest BCUT2D eigenvalue weighted by Gasteiger charge is 2.40. The van der Waals surface area contributed by atoms with Crippen LogP contribution in [0.3, 0.4) is 0 Å². The highest BCUT2D eigenvalue weighted by molar-refractivity contribution is 5.82. The number of carbonyl (C=O) groups is 1. The summed E-state index contributed by atoms with van der Waals surface area (Å²) >= 11 is 0. The van der Waals surface area contributed by atoms with E-state index in [1.165, 1.54) is 25.7 Å². The average Bonchev–Trinajstić information content (AvgIpc) is 2.78. The first kappa shape index (κ1) is 15.3.